The summed E-state index contributed by atoms with van der Waals surface area (Å²) in [4.78, 5) is 11.7. The van der Waals surface area contributed by atoms with E-state index in [1.807, 2.05) is 0 Å². The number of hydrogen-bond donors (Lipinski definition) is 1. The van der Waals surface area contributed by atoms with Crippen molar-refractivity contribution in [2.24, 2.45) is 7.05 Å². The fourth-order valence-electron chi connectivity index (χ4n) is 4.56. The molecule has 3 aromatic heterocycles. The van der Waals surface area contributed by atoms with E-state index < -0.39 is 40.3 Å². The topological polar surface area (TPSA) is 73.1 Å². The molecule has 0 spiro atoms. The summed E-state index contributed by atoms with van der Waals surface area (Å²) in [5.74, 6) is -0.465. The molecule has 212 valence electrons. The lowest BCUT2D eigenvalue weighted by atomic mass is 9.83. The second kappa shape index (κ2) is 10.0. The molecule has 2 aromatic carbocycles. The maximum absolute atomic E-state index is 14.6. The third-order valence-corrected chi connectivity index (χ3v) is 6.76. The van der Waals surface area contributed by atoms with Gasteiger partial charge in [0.15, 0.2) is 11.4 Å². The van der Waals surface area contributed by atoms with E-state index >= 15 is 0 Å². The van der Waals surface area contributed by atoms with Crippen LogP contribution in [0.3, 0.4) is 0 Å². The Bertz CT molecular complexity index is 1730. The van der Waals surface area contributed by atoms with Gasteiger partial charge in [-0.2, -0.15) is 26.3 Å². The highest BCUT2D eigenvalue weighted by molar-refractivity contribution is 6.30. The van der Waals surface area contributed by atoms with Crippen LogP contribution < -0.4 is 4.74 Å². The highest BCUT2D eigenvalue weighted by Gasteiger charge is 2.42. The maximum Gasteiger partial charge on any atom is 0.433 e. The second-order valence-electron chi connectivity index (χ2n) is 9.22. The molecular formula is C28H19ClF6N4O2. The minimum absolute atomic E-state index is 0.0404. The van der Waals surface area contributed by atoms with Crippen molar-refractivity contribution in [1.82, 2.24) is 19.5 Å². The van der Waals surface area contributed by atoms with Gasteiger partial charge in [-0.25, -0.2) is 9.97 Å². The Hall–Kier alpha value is -4.16. The largest absolute Gasteiger partial charge is 0.455 e. The zero-order valence-corrected chi connectivity index (χ0v) is 22.0. The van der Waals surface area contributed by atoms with Gasteiger partial charge in [0.1, 0.15) is 17.0 Å². The summed E-state index contributed by atoms with van der Waals surface area (Å²) < 4.78 is 90.5. The van der Waals surface area contributed by atoms with Crippen molar-refractivity contribution >= 4 is 22.5 Å². The van der Waals surface area contributed by atoms with Crippen LogP contribution in [0.4, 0.5) is 26.3 Å². The van der Waals surface area contributed by atoms with Crippen LogP contribution in [0.15, 0.2) is 73.3 Å². The Kier molecular flexibility index (Phi) is 6.94. The molecule has 0 aliphatic heterocycles. The average Bonchev–Trinajstić information content (AvgIpc) is 3.34. The first kappa shape index (κ1) is 28.4. The molecule has 1 N–H and O–H groups in total. The minimum atomic E-state index is -4.92. The molecule has 0 fully saturated rings. The van der Waals surface area contributed by atoms with Gasteiger partial charge in [-0.3, -0.25) is 4.98 Å². The van der Waals surface area contributed by atoms with E-state index in [1.54, 1.807) is 0 Å². The van der Waals surface area contributed by atoms with E-state index in [9.17, 15) is 31.4 Å². The number of nitrogens with zero attached hydrogens (tertiary/aromatic N) is 4. The molecule has 0 amide bonds. The van der Waals surface area contributed by atoms with Gasteiger partial charge in [-0.1, -0.05) is 23.7 Å². The lowest BCUT2D eigenvalue weighted by Gasteiger charge is -2.30. The van der Waals surface area contributed by atoms with E-state index in [0.717, 1.165) is 18.3 Å². The Labute approximate surface area is 233 Å². The number of alkyl halides is 6. The van der Waals surface area contributed by atoms with Crippen LogP contribution in [0.1, 0.15) is 33.8 Å². The lowest BCUT2D eigenvalue weighted by molar-refractivity contribution is -0.141. The third-order valence-electron chi connectivity index (χ3n) is 6.50. The number of ether oxygens (including phenoxy) is 1. The average molecular weight is 593 g/mol. The Morgan fingerprint density at radius 3 is 2.12 bits per heavy atom. The highest BCUT2D eigenvalue weighted by Crippen LogP contribution is 2.46. The lowest BCUT2D eigenvalue weighted by Crippen LogP contribution is -2.31. The van der Waals surface area contributed by atoms with Crippen molar-refractivity contribution < 1.29 is 36.2 Å². The summed E-state index contributed by atoms with van der Waals surface area (Å²) in [6.07, 6.45) is -6.24. The van der Waals surface area contributed by atoms with E-state index in [4.69, 9.17) is 16.3 Å². The predicted molar refractivity (Wildman–Crippen MR) is 138 cm³/mol. The Balaban J connectivity index is 1.76. The number of rotatable bonds is 5. The molecule has 5 aromatic rings. The number of hydrogen-bond acceptors (Lipinski definition) is 5. The van der Waals surface area contributed by atoms with Crippen molar-refractivity contribution in [2.45, 2.75) is 24.9 Å². The summed E-state index contributed by atoms with van der Waals surface area (Å²) in [6, 6.07) is 11.1. The molecule has 0 saturated carbocycles. The molecular weight excluding hydrogens is 574 g/mol. The van der Waals surface area contributed by atoms with Crippen LogP contribution in [-0.2, 0) is 25.0 Å². The zero-order chi connectivity index (χ0) is 29.7. The molecule has 0 radical (unpaired) electrons. The maximum atomic E-state index is 14.6. The summed E-state index contributed by atoms with van der Waals surface area (Å²) >= 11 is 5.88. The fourth-order valence-corrected chi connectivity index (χ4v) is 4.69. The van der Waals surface area contributed by atoms with Crippen LogP contribution in [0, 0.1) is 6.92 Å². The molecule has 3 heterocycles. The molecule has 0 saturated heterocycles. The van der Waals surface area contributed by atoms with E-state index in [2.05, 4.69) is 15.0 Å². The zero-order valence-electron chi connectivity index (χ0n) is 21.2. The Morgan fingerprint density at radius 2 is 1.56 bits per heavy atom. The third kappa shape index (κ3) is 5.20. The first-order valence-corrected chi connectivity index (χ1v) is 12.3. The van der Waals surface area contributed by atoms with Crippen LogP contribution in [0.5, 0.6) is 11.5 Å². The van der Waals surface area contributed by atoms with Crippen LogP contribution in [0.25, 0.3) is 10.9 Å². The number of pyridine rings is 2. The number of imidazole rings is 1. The summed E-state index contributed by atoms with van der Waals surface area (Å²) in [7, 11) is 1.52. The molecule has 0 aliphatic carbocycles. The molecule has 1 atom stereocenters. The van der Waals surface area contributed by atoms with Gasteiger partial charge in [-0.05, 0) is 55.0 Å². The van der Waals surface area contributed by atoms with Gasteiger partial charge in [0.2, 0.25) is 0 Å². The monoisotopic (exact) mass is 592 g/mol. The summed E-state index contributed by atoms with van der Waals surface area (Å²) in [6.45, 7) is 1.37. The van der Waals surface area contributed by atoms with Gasteiger partial charge in [-0.15, -0.1) is 0 Å². The van der Waals surface area contributed by atoms with Gasteiger partial charge >= 0.3 is 12.4 Å². The predicted octanol–water partition coefficient (Wildman–Crippen LogP) is 7.44. The second-order valence-corrected chi connectivity index (χ2v) is 9.65. The number of aryl methyl sites for hydroxylation is 2. The van der Waals surface area contributed by atoms with Crippen LogP contribution in [-0.4, -0.2) is 24.6 Å². The molecule has 0 bridgehead atoms. The number of fused-ring (bicyclic) bond motifs is 1. The molecule has 1 unspecified atom stereocenters. The van der Waals surface area contributed by atoms with Gasteiger partial charge in [0, 0.05) is 29.2 Å². The number of halogens is 7. The van der Waals surface area contributed by atoms with Crippen molar-refractivity contribution in [3.63, 3.8) is 0 Å². The highest BCUT2D eigenvalue weighted by atomic mass is 35.5. The van der Waals surface area contributed by atoms with E-state index in [1.165, 1.54) is 67.5 Å². The first-order valence-electron chi connectivity index (χ1n) is 11.9. The molecule has 13 heteroatoms. The SMILES string of the molecule is Cc1nc2ccc(C(O)(c3ccc(C(F)(F)F)nc3)c3cncn3C)cc2c(C(F)(F)F)c1Oc1ccc(Cl)cc1. The smallest absolute Gasteiger partial charge is 0.433 e. The number of aromatic nitrogens is 4. The molecule has 6 nitrogen and oxygen atoms in total. The molecule has 5 rings (SSSR count). The normalized spacial score (nSPS) is 13.8. The van der Waals surface area contributed by atoms with E-state index in [-0.39, 0.29) is 33.8 Å². The Morgan fingerprint density at radius 1 is 0.878 bits per heavy atom. The van der Waals surface area contributed by atoms with Crippen molar-refractivity contribution in [1.29, 1.82) is 0 Å². The summed E-state index contributed by atoms with van der Waals surface area (Å²) in [5.41, 5.74) is -4.82. The van der Waals surface area contributed by atoms with Crippen LogP contribution in [0.2, 0.25) is 5.02 Å². The fraction of sp³-hybridized carbons (Fsp3) is 0.179. The van der Waals surface area contributed by atoms with Gasteiger partial charge in [0.25, 0.3) is 0 Å². The van der Waals surface area contributed by atoms with E-state index in [0.29, 0.717) is 11.1 Å². The van der Waals surface area contributed by atoms with Gasteiger partial charge in [0.05, 0.1) is 29.4 Å². The first-order chi connectivity index (χ1) is 19.2. The number of benzene rings is 2. The molecule has 0 aliphatic rings. The quantitative estimate of drug-likeness (QED) is 0.215. The van der Waals surface area contributed by atoms with Gasteiger partial charge < -0.3 is 14.4 Å². The summed E-state index contributed by atoms with van der Waals surface area (Å²) in [5, 5.41) is 12.1. The van der Waals surface area contributed by atoms with Crippen molar-refractivity contribution in [3.05, 3.63) is 112 Å². The van der Waals surface area contributed by atoms with Crippen LogP contribution >= 0.6 is 11.6 Å². The molecule has 41 heavy (non-hydrogen) atoms. The van der Waals surface area contributed by atoms with Crippen molar-refractivity contribution in [2.75, 3.05) is 0 Å². The minimum Gasteiger partial charge on any atom is -0.455 e. The van der Waals surface area contributed by atoms with Crippen molar-refractivity contribution in [3.8, 4) is 11.5 Å². The standard InChI is InChI=1S/C28H19ClF6N4O2/c1-15-25(41-19-7-5-18(29)6-8-19)24(28(33,34)35)20-11-16(3-9-21(20)38-15)26(40,23-13-36-14-39(23)2)17-4-10-22(37-12-17)27(30,31)32/h3-14,40H,1-2H3. The number of aliphatic hydroxyl groups is 1.